The van der Waals surface area contributed by atoms with Crippen molar-refractivity contribution in [2.45, 2.75) is 46.3 Å². The van der Waals surface area contributed by atoms with E-state index in [0.29, 0.717) is 26.2 Å². The molecule has 0 saturated carbocycles. The van der Waals surface area contributed by atoms with E-state index in [1.54, 1.807) is 52.0 Å². The molecule has 1 N–H and O–H groups in total. The molecule has 0 fully saturated rings. The van der Waals surface area contributed by atoms with Crippen LogP contribution in [0.25, 0.3) is 0 Å². The number of carbonyl (C=O) groups is 2. The van der Waals surface area contributed by atoms with Crippen molar-refractivity contribution < 1.29 is 18.0 Å². The molecule has 0 aromatic heterocycles. The van der Waals surface area contributed by atoms with E-state index in [4.69, 9.17) is 34.8 Å². The fraction of sp³-hybridized carbons (Fsp3) is 0.391. The van der Waals surface area contributed by atoms with Gasteiger partial charge in [-0.05, 0) is 63.1 Å². The zero-order valence-electron chi connectivity index (χ0n) is 19.6. The highest BCUT2D eigenvalue weighted by Gasteiger charge is 2.31. The Morgan fingerprint density at radius 3 is 2.15 bits per heavy atom. The predicted molar refractivity (Wildman–Crippen MR) is 138 cm³/mol. The number of nitrogens with zero attached hydrogens (tertiary/aromatic N) is 2. The Morgan fingerprint density at radius 2 is 1.59 bits per heavy atom. The lowest BCUT2D eigenvalue weighted by Crippen LogP contribution is -2.52. The molecular weight excluding hydrogens is 521 g/mol. The van der Waals surface area contributed by atoms with Crippen LogP contribution < -0.4 is 9.62 Å². The number of anilines is 1. The van der Waals surface area contributed by atoms with Crippen LogP contribution in [0.4, 0.5) is 5.69 Å². The summed E-state index contributed by atoms with van der Waals surface area (Å²) in [5.41, 5.74) is 1.47. The van der Waals surface area contributed by atoms with Crippen molar-refractivity contribution >= 4 is 62.3 Å². The van der Waals surface area contributed by atoms with Gasteiger partial charge >= 0.3 is 0 Å². The Hall–Kier alpha value is -2.00. The van der Waals surface area contributed by atoms with Crippen LogP contribution in [-0.4, -0.2) is 50.0 Å². The third kappa shape index (κ3) is 7.50. The summed E-state index contributed by atoms with van der Waals surface area (Å²) in [6, 6.07) is 8.57. The molecule has 7 nitrogen and oxygen atoms in total. The molecule has 34 heavy (non-hydrogen) atoms. The number of hydrogen-bond donors (Lipinski definition) is 1. The van der Waals surface area contributed by atoms with Crippen molar-refractivity contribution in [3.8, 4) is 0 Å². The Bertz CT molecular complexity index is 1170. The molecule has 11 heteroatoms. The first-order chi connectivity index (χ1) is 15.7. The number of carbonyl (C=O) groups excluding carboxylic acids is 2. The average molecular weight is 549 g/mol. The smallest absolute Gasteiger partial charge is 0.244 e. The predicted octanol–water partition coefficient (Wildman–Crippen LogP) is 4.66. The monoisotopic (exact) mass is 547 g/mol. The molecule has 0 heterocycles. The molecular formula is C23H28Cl3N3O4S. The van der Waals surface area contributed by atoms with Crippen molar-refractivity contribution in [1.82, 2.24) is 10.2 Å². The van der Waals surface area contributed by atoms with E-state index in [-0.39, 0.29) is 24.2 Å². The number of nitrogens with one attached hydrogen (secondary N) is 1. The van der Waals surface area contributed by atoms with E-state index < -0.39 is 28.5 Å². The molecule has 0 bridgehead atoms. The van der Waals surface area contributed by atoms with Gasteiger partial charge in [0.2, 0.25) is 21.8 Å². The van der Waals surface area contributed by atoms with Crippen molar-refractivity contribution in [2.75, 3.05) is 17.1 Å². The number of benzene rings is 2. The highest BCUT2D eigenvalue weighted by atomic mass is 35.5. The van der Waals surface area contributed by atoms with Gasteiger partial charge in [0.1, 0.15) is 12.6 Å². The van der Waals surface area contributed by atoms with E-state index in [1.165, 1.54) is 17.0 Å². The summed E-state index contributed by atoms with van der Waals surface area (Å²) in [5, 5.41) is 3.87. The summed E-state index contributed by atoms with van der Waals surface area (Å²) >= 11 is 18.4. The number of halogens is 3. The van der Waals surface area contributed by atoms with Gasteiger partial charge in [0.25, 0.3) is 0 Å². The SMILES string of the molecule is Cc1ccc(Cl)cc1N(CC(=O)N(Cc1ccc(Cl)cc1Cl)[C@@H](C)C(=O)NC(C)C)S(C)(=O)=O. The number of hydrogen-bond acceptors (Lipinski definition) is 4. The van der Waals surface area contributed by atoms with E-state index in [2.05, 4.69) is 5.32 Å². The van der Waals surface area contributed by atoms with Crippen LogP contribution >= 0.6 is 34.8 Å². The highest BCUT2D eigenvalue weighted by Crippen LogP contribution is 2.27. The van der Waals surface area contributed by atoms with E-state index in [1.807, 2.05) is 0 Å². The van der Waals surface area contributed by atoms with Crippen LogP contribution in [0.2, 0.25) is 15.1 Å². The molecule has 0 aliphatic carbocycles. The minimum Gasteiger partial charge on any atom is -0.352 e. The second kappa shape index (κ2) is 11.6. The zero-order valence-corrected chi connectivity index (χ0v) is 22.7. The summed E-state index contributed by atoms with van der Waals surface area (Å²) in [6.45, 7) is 6.37. The van der Waals surface area contributed by atoms with Crippen molar-refractivity contribution in [3.63, 3.8) is 0 Å². The molecule has 2 amide bonds. The summed E-state index contributed by atoms with van der Waals surface area (Å²) in [4.78, 5) is 27.6. The first kappa shape index (κ1) is 28.2. The van der Waals surface area contributed by atoms with Gasteiger partial charge in [-0.25, -0.2) is 8.42 Å². The third-order valence-electron chi connectivity index (χ3n) is 5.07. The second-order valence-electron chi connectivity index (χ2n) is 8.30. The molecule has 0 radical (unpaired) electrons. The maximum Gasteiger partial charge on any atom is 0.244 e. The standard InChI is InChI=1S/C23H28Cl3N3O4S/c1-14(2)27-23(31)16(4)28(12-17-7-9-18(24)10-20(17)26)22(30)13-29(34(5,32)33)21-11-19(25)8-6-15(21)3/h6-11,14,16H,12-13H2,1-5H3,(H,27,31)/t16-/m0/s1. The third-order valence-corrected chi connectivity index (χ3v) is 7.02. The molecule has 2 rings (SSSR count). The quantitative estimate of drug-likeness (QED) is 0.494. The Labute approximate surface area is 216 Å². The van der Waals surface area contributed by atoms with Crippen LogP contribution in [0.3, 0.4) is 0 Å². The molecule has 0 aliphatic heterocycles. The van der Waals surface area contributed by atoms with Crippen LogP contribution in [-0.2, 0) is 26.2 Å². The van der Waals surface area contributed by atoms with Gasteiger partial charge in [-0.2, -0.15) is 0 Å². The number of amides is 2. The lowest BCUT2D eigenvalue weighted by Gasteiger charge is -2.32. The van der Waals surface area contributed by atoms with Crippen LogP contribution in [0, 0.1) is 6.92 Å². The van der Waals surface area contributed by atoms with Gasteiger partial charge in [-0.1, -0.05) is 46.9 Å². The van der Waals surface area contributed by atoms with Gasteiger partial charge < -0.3 is 10.2 Å². The molecule has 0 aliphatic rings. The number of rotatable bonds is 9. The second-order valence-corrected chi connectivity index (χ2v) is 11.5. The fourth-order valence-corrected chi connectivity index (χ4v) is 4.80. The van der Waals surface area contributed by atoms with Crippen molar-refractivity contribution in [2.24, 2.45) is 0 Å². The van der Waals surface area contributed by atoms with Gasteiger partial charge in [0.05, 0.1) is 11.9 Å². The fourth-order valence-electron chi connectivity index (χ4n) is 3.27. The van der Waals surface area contributed by atoms with Crippen molar-refractivity contribution in [3.05, 3.63) is 62.6 Å². The maximum absolute atomic E-state index is 13.5. The summed E-state index contributed by atoms with van der Waals surface area (Å²) < 4.78 is 26.3. The molecule has 0 saturated heterocycles. The average Bonchev–Trinajstić information content (AvgIpc) is 2.71. The Balaban J connectivity index is 2.47. The first-order valence-electron chi connectivity index (χ1n) is 10.5. The van der Waals surface area contributed by atoms with E-state index in [9.17, 15) is 18.0 Å². The molecule has 2 aromatic carbocycles. The van der Waals surface area contributed by atoms with Gasteiger partial charge in [0.15, 0.2) is 0 Å². The Kier molecular flexibility index (Phi) is 9.65. The normalized spacial score (nSPS) is 12.4. The van der Waals surface area contributed by atoms with E-state index >= 15 is 0 Å². The maximum atomic E-state index is 13.5. The van der Waals surface area contributed by atoms with E-state index in [0.717, 1.165) is 10.6 Å². The molecule has 1 atom stereocenters. The molecule has 0 unspecified atom stereocenters. The van der Waals surface area contributed by atoms with Crippen LogP contribution in [0.1, 0.15) is 31.9 Å². The van der Waals surface area contributed by atoms with Crippen LogP contribution in [0.15, 0.2) is 36.4 Å². The molecule has 186 valence electrons. The first-order valence-corrected chi connectivity index (χ1v) is 13.5. The van der Waals surface area contributed by atoms with Gasteiger partial charge in [0, 0.05) is 27.7 Å². The molecule has 0 spiro atoms. The van der Waals surface area contributed by atoms with Crippen molar-refractivity contribution in [1.29, 1.82) is 0 Å². The lowest BCUT2D eigenvalue weighted by atomic mass is 10.1. The number of aryl methyl sites for hydroxylation is 1. The molecule has 2 aromatic rings. The largest absolute Gasteiger partial charge is 0.352 e. The van der Waals surface area contributed by atoms with Gasteiger partial charge in [-0.3, -0.25) is 13.9 Å². The summed E-state index contributed by atoms with van der Waals surface area (Å²) in [7, 11) is -3.85. The number of sulfonamides is 1. The lowest BCUT2D eigenvalue weighted by molar-refractivity contribution is -0.139. The Morgan fingerprint density at radius 1 is 1.00 bits per heavy atom. The minimum atomic E-state index is -3.85. The minimum absolute atomic E-state index is 0.0202. The van der Waals surface area contributed by atoms with Gasteiger partial charge in [-0.15, -0.1) is 0 Å². The zero-order chi connectivity index (χ0) is 25.8. The highest BCUT2D eigenvalue weighted by molar-refractivity contribution is 7.92. The summed E-state index contributed by atoms with van der Waals surface area (Å²) in [6.07, 6.45) is 1.01. The topological polar surface area (TPSA) is 86.8 Å². The van der Waals surface area contributed by atoms with Crippen LogP contribution in [0.5, 0.6) is 0 Å². The summed E-state index contributed by atoms with van der Waals surface area (Å²) in [5.74, 6) is -0.958.